The molecule has 10 heteroatoms. The molecule has 3 N–H and O–H groups in total. The summed E-state index contributed by atoms with van der Waals surface area (Å²) in [6.07, 6.45) is 2.75. The van der Waals surface area contributed by atoms with Gasteiger partial charge in [-0.05, 0) is 82.2 Å². The highest BCUT2D eigenvalue weighted by Gasteiger charge is 2.31. The van der Waals surface area contributed by atoms with E-state index in [1.54, 1.807) is 63.2 Å². The van der Waals surface area contributed by atoms with Crippen LogP contribution in [0.25, 0.3) is 0 Å². The topological polar surface area (TPSA) is 134 Å². The predicted molar refractivity (Wildman–Crippen MR) is 145 cm³/mol. The molecule has 10 nitrogen and oxygen atoms in total. The van der Waals surface area contributed by atoms with E-state index in [1.807, 2.05) is 0 Å². The number of rotatable bonds is 10. The Morgan fingerprint density at radius 2 is 1.67 bits per heavy atom. The van der Waals surface area contributed by atoms with Crippen LogP contribution >= 0.6 is 0 Å². The quantitative estimate of drug-likeness (QED) is 0.308. The normalized spacial score (nSPS) is 17.8. The van der Waals surface area contributed by atoms with Gasteiger partial charge >= 0.3 is 12.1 Å². The molecule has 0 aliphatic heterocycles. The van der Waals surface area contributed by atoms with E-state index in [-0.39, 0.29) is 29.9 Å². The molecule has 210 valence electrons. The molecule has 3 amide bonds. The van der Waals surface area contributed by atoms with Gasteiger partial charge in [-0.3, -0.25) is 9.59 Å². The summed E-state index contributed by atoms with van der Waals surface area (Å²) in [6.45, 7) is 5.89. The van der Waals surface area contributed by atoms with Gasteiger partial charge < -0.3 is 25.3 Å². The number of amides is 3. The Labute approximate surface area is 228 Å². The minimum Gasteiger partial charge on any atom is -0.508 e. The highest BCUT2D eigenvalue weighted by atomic mass is 16.7. The van der Waals surface area contributed by atoms with Gasteiger partial charge in [0.05, 0.1) is 5.69 Å². The molecule has 1 atom stereocenters. The Morgan fingerprint density at radius 3 is 2.26 bits per heavy atom. The van der Waals surface area contributed by atoms with Gasteiger partial charge in [0, 0.05) is 18.9 Å². The number of hydrogen-bond donors (Lipinski definition) is 3. The molecule has 0 radical (unpaired) electrons. The average Bonchev–Trinajstić information content (AvgIpc) is 2.91. The lowest BCUT2D eigenvalue weighted by Crippen LogP contribution is -2.48. The van der Waals surface area contributed by atoms with Gasteiger partial charge in [0.25, 0.3) is 0 Å². The zero-order valence-corrected chi connectivity index (χ0v) is 22.6. The third kappa shape index (κ3) is 9.63. The predicted octanol–water partition coefficient (Wildman–Crippen LogP) is 3.87. The summed E-state index contributed by atoms with van der Waals surface area (Å²) in [6, 6.07) is 13.6. The van der Waals surface area contributed by atoms with Crippen molar-refractivity contribution >= 4 is 30.1 Å². The third-order valence-electron chi connectivity index (χ3n) is 6.42. The molecule has 1 fully saturated rings. The van der Waals surface area contributed by atoms with Crippen molar-refractivity contribution in [1.82, 2.24) is 10.6 Å². The zero-order valence-electron chi connectivity index (χ0n) is 22.6. The largest absolute Gasteiger partial charge is 0.508 e. The molecule has 1 aliphatic rings. The fourth-order valence-corrected chi connectivity index (χ4v) is 4.39. The highest BCUT2D eigenvalue weighted by Crippen LogP contribution is 2.29. The first-order chi connectivity index (χ1) is 18.5. The second kappa shape index (κ2) is 13.6. The van der Waals surface area contributed by atoms with E-state index in [2.05, 4.69) is 10.6 Å². The Morgan fingerprint density at radius 1 is 1.03 bits per heavy atom. The SMILES string of the molecule is CC(C)(C)OC(=O)NCC1CCC(C(=O)N[C@@H](Cc2ccc(O)cc2)C(=O)ON(C=O)c2ccccc2)CC1. The number of anilines is 1. The number of nitrogens with zero attached hydrogens (tertiary/aromatic N) is 1. The van der Waals surface area contributed by atoms with Gasteiger partial charge in [-0.15, -0.1) is 5.06 Å². The van der Waals surface area contributed by atoms with Crippen molar-refractivity contribution in [1.29, 1.82) is 0 Å². The summed E-state index contributed by atoms with van der Waals surface area (Å²) in [4.78, 5) is 55.2. The summed E-state index contributed by atoms with van der Waals surface area (Å²) >= 11 is 0. The number of carbonyl (C=O) groups excluding carboxylic acids is 4. The lowest BCUT2D eigenvalue weighted by atomic mass is 9.81. The molecule has 3 rings (SSSR count). The Kier molecular flexibility index (Phi) is 10.3. The van der Waals surface area contributed by atoms with Gasteiger partial charge in [-0.25, -0.2) is 9.59 Å². The number of alkyl carbamates (subject to hydrolysis) is 1. The van der Waals surface area contributed by atoms with Crippen LogP contribution in [0.3, 0.4) is 0 Å². The number of para-hydroxylation sites is 1. The van der Waals surface area contributed by atoms with Crippen LogP contribution in [0.2, 0.25) is 0 Å². The second-order valence-corrected chi connectivity index (χ2v) is 10.7. The number of aromatic hydroxyl groups is 1. The van der Waals surface area contributed by atoms with Crippen molar-refractivity contribution in [3.8, 4) is 5.75 Å². The van der Waals surface area contributed by atoms with Crippen LogP contribution in [0, 0.1) is 11.8 Å². The van der Waals surface area contributed by atoms with Gasteiger partial charge in [0.2, 0.25) is 12.3 Å². The van der Waals surface area contributed by atoms with Crippen LogP contribution in [-0.2, 0) is 30.4 Å². The lowest BCUT2D eigenvalue weighted by molar-refractivity contribution is -0.151. The number of phenolic OH excluding ortho intramolecular Hbond substituents is 1. The number of benzene rings is 2. The van der Waals surface area contributed by atoms with Crippen LogP contribution in [0.5, 0.6) is 5.75 Å². The number of hydrogen-bond acceptors (Lipinski definition) is 7. The molecule has 0 heterocycles. The maximum atomic E-state index is 13.2. The lowest BCUT2D eigenvalue weighted by Gasteiger charge is -2.29. The first-order valence-corrected chi connectivity index (χ1v) is 13.1. The Hall–Kier alpha value is -4.08. The van der Waals surface area contributed by atoms with Crippen molar-refractivity contribution in [3.63, 3.8) is 0 Å². The molecule has 39 heavy (non-hydrogen) atoms. The van der Waals surface area contributed by atoms with Crippen LogP contribution in [-0.4, -0.2) is 47.7 Å². The van der Waals surface area contributed by atoms with E-state index < -0.39 is 23.7 Å². The number of nitrogens with one attached hydrogen (secondary N) is 2. The molecule has 0 spiro atoms. The molecular formula is C29H37N3O7. The van der Waals surface area contributed by atoms with E-state index in [9.17, 15) is 24.3 Å². The van der Waals surface area contributed by atoms with Gasteiger partial charge in [-0.2, -0.15) is 0 Å². The summed E-state index contributed by atoms with van der Waals surface area (Å²) in [5, 5.41) is 16.0. The first kappa shape index (κ1) is 29.5. The van der Waals surface area contributed by atoms with Crippen molar-refractivity contribution < 1.29 is 33.9 Å². The molecule has 0 unspecified atom stereocenters. The molecule has 2 aromatic carbocycles. The molecule has 2 aromatic rings. The molecule has 1 aliphatic carbocycles. The van der Waals surface area contributed by atoms with Crippen molar-refractivity contribution in [2.75, 3.05) is 11.6 Å². The third-order valence-corrected chi connectivity index (χ3v) is 6.42. The van der Waals surface area contributed by atoms with Crippen LogP contribution in [0.4, 0.5) is 10.5 Å². The van der Waals surface area contributed by atoms with Crippen LogP contribution in [0.1, 0.15) is 52.0 Å². The van der Waals surface area contributed by atoms with Crippen molar-refractivity contribution in [2.45, 2.75) is 64.5 Å². The number of phenols is 1. The Balaban J connectivity index is 1.60. The first-order valence-electron chi connectivity index (χ1n) is 13.1. The monoisotopic (exact) mass is 539 g/mol. The van der Waals surface area contributed by atoms with Gasteiger partial charge in [0.1, 0.15) is 17.4 Å². The van der Waals surface area contributed by atoms with Crippen LogP contribution in [0.15, 0.2) is 54.6 Å². The minimum atomic E-state index is -1.06. The maximum Gasteiger partial charge on any atom is 0.407 e. The number of carbonyl (C=O) groups is 4. The van der Waals surface area contributed by atoms with Crippen molar-refractivity contribution in [3.05, 3.63) is 60.2 Å². The molecule has 0 aromatic heterocycles. The minimum absolute atomic E-state index is 0.0797. The fraction of sp³-hybridized carbons (Fsp3) is 0.448. The summed E-state index contributed by atoms with van der Waals surface area (Å²) < 4.78 is 5.28. The maximum absolute atomic E-state index is 13.2. The second-order valence-electron chi connectivity index (χ2n) is 10.7. The van der Waals surface area contributed by atoms with E-state index in [1.165, 1.54) is 12.1 Å². The highest BCUT2D eigenvalue weighted by molar-refractivity contribution is 5.88. The molecule has 0 saturated heterocycles. The average molecular weight is 540 g/mol. The van der Waals surface area contributed by atoms with E-state index >= 15 is 0 Å². The van der Waals surface area contributed by atoms with Crippen molar-refractivity contribution in [2.24, 2.45) is 11.8 Å². The summed E-state index contributed by atoms with van der Waals surface area (Å²) in [7, 11) is 0. The number of ether oxygens (including phenoxy) is 1. The molecule has 0 bridgehead atoms. The fourth-order valence-electron chi connectivity index (χ4n) is 4.39. The van der Waals surface area contributed by atoms with E-state index in [4.69, 9.17) is 9.57 Å². The standard InChI is InChI=1S/C29H37N3O7/c1-29(2,3)38-28(37)30-18-21-9-13-22(14-10-21)26(35)31-25(17-20-11-15-24(34)16-12-20)27(36)39-32(19-33)23-7-5-4-6-8-23/h4-8,11-12,15-16,19,21-22,25,34H,9-10,13-14,17-18H2,1-3H3,(H,30,37)(H,31,35)/t21?,22?,25-/m0/s1. The van der Waals surface area contributed by atoms with E-state index in [0.29, 0.717) is 37.0 Å². The summed E-state index contributed by atoms with van der Waals surface area (Å²) in [5.74, 6) is -1.05. The molecular weight excluding hydrogens is 502 g/mol. The van der Waals surface area contributed by atoms with Gasteiger partial charge in [-0.1, -0.05) is 30.3 Å². The Bertz CT molecular complexity index is 1110. The zero-order chi connectivity index (χ0) is 28.4. The van der Waals surface area contributed by atoms with Crippen LogP contribution < -0.4 is 15.7 Å². The van der Waals surface area contributed by atoms with Gasteiger partial charge in [0.15, 0.2) is 0 Å². The number of hydroxylamine groups is 1. The summed E-state index contributed by atoms with van der Waals surface area (Å²) in [5.41, 5.74) is 0.500. The van der Waals surface area contributed by atoms with E-state index in [0.717, 1.165) is 17.9 Å². The molecule has 1 saturated carbocycles. The smallest absolute Gasteiger partial charge is 0.407 e.